The molecule has 0 saturated heterocycles. The van der Waals surface area contributed by atoms with E-state index in [-0.39, 0.29) is 12.4 Å². The van der Waals surface area contributed by atoms with E-state index in [2.05, 4.69) is 19.1 Å². The van der Waals surface area contributed by atoms with E-state index in [0.29, 0.717) is 17.4 Å². The van der Waals surface area contributed by atoms with E-state index in [1.54, 1.807) is 0 Å². The van der Waals surface area contributed by atoms with Crippen LogP contribution in [0.4, 0.5) is 0 Å². The van der Waals surface area contributed by atoms with Crippen molar-refractivity contribution < 1.29 is 23.9 Å². The molecule has 0 aromatic rings. The van der Waals surface area contributed by atoms with Crippen LogP contribution in [0.3, 0.4) is 0 Å². The van der Waals surface area contributed by atoms with Crippen molar-refractivity contribution in [1.82, 2.24) is 0 Å². The van der Waals surface area contributed by atoms with Gasteiger partial charge >= 0.3 is 11.9 Å². The van der Waals surface area contributed by atoms with Crippen molar-refractivity contribution in [3.05, 3.63) is 12.2 Å². The van der Waals surface area contributed by atoms with Gasteiger partial charge in [0.05, 0.1) is 27.6 Å². The lowest BCUT2D eigenvalue weighted by Crippen LogP contribution is -2.43. The molecule has 0 heterocycles. The number of hydrogen-bond acceptors (Lipinski definition) is 3. The Morgan fingerprint density at radius 1 is 0.658 bits per heavy atom. The predicted molar refractivity (Wildman–Crippen MR) is 161 cm³/mol. The van der Waals surface area contributed by atoms with Crippen molar-refractivity contribution in [2.24, 2.45) is 0 Å². The maximum absolute atomic E-state index is 12.1. The second kappa shape index (κ2) is 25.9. The molecule has 0 aromatic heterocycles. The third-order valence-electron chi connectivity index (χ3n) is 7.09. The molecular weight excluding hydrogens is 474 g/mol. The Hall–Kier alpha value is -1.36. The second-order valence-corrected chi connectivity index (χ2v) is 12.3. The molecule has 0 radical (unpaired) electrons. The Morgan fingerprint density at radius 2 is 1.05 bits per heavy atom. The summed E-state index contributed by atoms with van der Waals surface area (Å²) in [7, 11) is 5.92. The molecule has 5 nitrogen and oxygen atoms in total. The van der Waals surface area contributed by atoms with Gasteiger partial charge in [0.1, 0.15) is 6.54 Å². The molecule has 0 spiro atoms. The van der Waals surface area contributed by atoms with Gasteiger partial charge in [-0.2, -0.15) is 0 Å². The fourth-order valence-electron chi connectivity index (χ4n) is 4.95. The van der Waals surface area contributed by atoms with Crippen LogP contribution in [0.15, 0.2) is 12.2 Å². The molecular formula is C33H64NO4+. The van der Waals surface area contributed by atoms with Crippen molar-refractivity contribution in [1.29, 1.82) is 0 Å². The molecule has 0 aliphatic heterocycles. The molecule has 0 aliphatic rings. The maximum atomic E-state index is 12.1. The summed E-state index contributed by atoms with van der Waals surface area (Å²) in [5.41, 5.74) is 0. The van der Waals surface area contributed by atoms with Gasteiger partial charge in [-0.25, -0.2) is 0 Å². The first-order chi connectivity index (χ1) is 18.2. The quantitative estimate of drug-likeness (QED) is 0.0466. The minimum atomic E-state index is -0.925. The third-order valence-corrected chi connectivity index (χ3v) is 7.09. The minimum absolute atomic E-state index is 0.129. The number of carbonyl (C=O) groups excluding carboxylic acids is 1. The van der Waals surface area contributed by atoms with E-state index in [9.17, 15) is 9.59 Å². The van der Waals surface area contributed by atoms with Crippen molar-refractivity contribution in [2.75, 3.05) is 27.7 Å². The van der Waals surface area contributed by atoms with Crippen LogP contribution < -0.4 is 0 Å². The van der Waals surface area contributed by atoms with E-state index in [1.807, 2.05) is 21.1 Å². The van der Waals surface area contributed by atoms with Crippen LogP contribution in [0.5, 0.6) is 0 Å². The van der Waals surface area contributed by atoms with Crippen molar-refractivity contribution >= 4 is 11.9 Å². The topological polar surface area (TPSA) is 63.6 Å². The van der Waals surface area contributed by atoms with Crippen molar-refractivity contribution in [2.45, 2.75) is 161 Å². The molecule has 0 aliphatic carbocycles. The molecule has 38 heavy (non-hydrogen) atoms. The summed E-state index contributed by atoms with van der Waals surface area (Å²) in [6.07, 6.45) is 31.9. The van der Waals surface area contributed by atoms with E-state index < -0.39 is 12.1 Å². The lowest BCUT2D eigenvalue weighted by molar-refractivity contribution is -0.873. The summed E-state index contributed by atoms with van der Waals surface area (Å²) in [6, 6.07) is 0. The van der Waals surface area contributed by atoms with Crippen molar-refractivity contribution in [3.63, 3.8) is 0 Å². The van der Waals surface area contributed by atoms with Crippen molar-refractivity contribution in [3.8, 4) is 0 Å². The van der Waals surface area contributed by atoms with Crippen LogP contribution in [-0.4, -0.2) is 55.3 Å². The Bertz CT molecular complexity index is 582. The molecule has 1 atom stereocenters. The summed E-state index contributed by atoms with van der Waals surface area (Å²) in [5, 5.41) is 9.06. The second-order valence-electron chi connectivity index (χ2n) is 12.3. The molecule has 224 valence electrons. The van der Waals surface area contributed by atoms with E-state index in [1.165, 1.54) is 116 Å². The lowest BCUT2D eigenvalue weighted by Gasteiger charge is -2.28. The molecule has 0 amide bonds. The van der Waals surface area contributed by atoms with Crippen LogP contribution in [0.25, 0.3) is 0 Å². The zero-order valence-electron chi connectivity index (χ0n) is 25.8. The van der Waals surface area contributed by atoms with E-state index in [0.717, 1.165) is 19.3 Å². The molecule has 1 N–H and O–H groups in total. The standard InChI is InChI=1S/C33H63NO4/c1-5-6-7-8-9-10-11-12-13-14-15-16-17-18-19-20-21-22-23-24-25-26-27-28-33(37)38-31(29-32(35)36)30-34(2,3)4/h18-19,31H,5-17,20-30H2,1-4H3/p+1/b19-18+. The highest BCUT2D eigenvalue weighted by molar-refractivity contribution is 5.71. The van der Waals surface area contributed by atoms with Gasteiger partial charge in [-0.3, -0.25) is 9.59 Å². The molecule has 0 fully saturated rings. The minimum Gasteiger partial charge on any atom is -0.481 e. The normalized spacial score (nSPS) is 12.7. The molecule has 0 rings (SSSR count). The van der Waals surface area contributed by atoms with Gasteiger partial charge in [0.15, 0.2) is 6.10 Å². The monoisotopic (exact) mass is 538 g/mol. The van der Waals surface area contributed by atoms with Crippen LogP contribution in [0.1, 0.15) is 155 Å². The first-order valence-electron chi connectivity index (χ1n) is 16.1. The van der Waals surface area contributed by atoms with E-state index in [4.69, 9.17) is 9.84 Å². The molecule has 0 saturated carbocycles. The Labute approximate surface area is 236 Å². The number of likely N-dealkylation sites (N-methyl/N-ethyl adjacent to an activating group) is 1. The number of carboxylic acids is 1. The van der Waals surface area contributed by atoms with Gasteiger partial charge in [0.2, 0.25) is 0 Å². The largest absolute Gasteiger partial charge is 0.481 e. The molecule has 0 aromatic carbocycles. The van der Waals surface area contributed by atoms with Gasteiger partial charge in [0, 0.05) is 6.42 Å². The van der Waals surface area contributed by atoms with Crippen LogP contribution in [-0.2, 0) is 14.3 Å². The number of aliphatic carboxylic acids is 1. The number of quaternary nitrogens is 1. The highest BCUT2D eigenvalue weighted by Gasteiger charge is 2.24. The number of carbonyl (C=O) groups is 2. The van der Waals surface area contributed by atoms with Gasteiger partial charge < -0.3 is 14.3 Å². The zero-order valence-corrected chi connectivity index (χ0v) is 25.8. The average molecular weight is 539 g/mol. The van der Waals surface area contributed by atoms with Crippen LogP contribution in [0, 0.1) is 0 Å². The van der Waals surface area contributed by atoms with Crippen LogP contribution >= 0.6 is 0 Å². The number of nitrogens with zero attached hydrogens (tertiary/aromatic N) is 1. The maximum Gasteiger partial charge on any atom is 0.307 e. The highest BCUT2D eigenvalue weighted by Crippen LogP contribution is 2.14. The van der Waals surface area contributed by atoms with Gasteiger partial charge in [-0.05, 0) is 32.1 Å². The Morgan fingerprint density at radius 3 is 1.45 bits per heavy atom. The third kappa shape index (κ3) is 29.2. The number of allylic oxidation sites excluding steroid dienone is 2. The number of rotatable bonds is 28. The van der Waals surface area contributed by atoms with Gasteiger partial charge in [-0.1, -0.05) is 122 Å². The molecule has 1 unspecified atom stereocenters. The fraction of sp³-hybridized carbons (Fsp3) is 0.879. The summed E-state index contributed by atoms with van der Waals surface area (Å²) in [5.74, 6) is -1.19. The summed E-state index contributed by atoms with van der Waals surface area (Å²) < 4.78 is 6.02. The summed E-state index contributed by atoms with van der Waals surface area (Å²) >= 11 is 0. The Kier molecular flexibility index (Phi) is 25.0. The summed E-state index contributed by atoms with van der Waals surface area (Å²) in [4.78, 5) is 23.2. The van der Waals surface area contributed by atoms with Gasteiger partial charge in [0.25, 0.3) is 0 Å². The summed E-state index contributed by atoms with van der Waals surface area (Å²) in [6.45, 7) is 2.79. The Balaban J connectivity index is 3.45. The number of esters is 1. The van der Waals surface area contributed by atoms with E-state index >= 15 is 0 Å². The smallest absolute Gasteiger partial charge is 0.307 e. The highest BCUT2D eigenvalue weighted by atomic mass is 16.5. The van der Waals surface area contributed by atoms with Gasteiger partial charge in [-0.15, -0.1) is 0 Å². The SMILES string of the molecule is CCCCCCCCCCCCCC/C=C/CCCCCCCCCC(=O)OC(CC(=O)O)C[N+](C)(C)C. The first-order valence-corrected chi connectivity index (χ1v) is 16.1. The molecule has 0 bridgehead atoms. The zero-order chi connectivity index (χ0) is 28.3. The number of carboxylic acid groups (broad SMARTS) is 1. The number of unbranched alkanes of at least 4 members (excludes halogenated alkanes) is 19. The fourth-order valence-corrected chi connectivity index (χ4v) is 4.95. The predicted octanol–water partition coefficient (Wildman–Crippen LogP) is 9.24. The lowest BCUT2D eigenvalue weighted by atomic mass is 10.0. The van der Waals surface area contributed by atoms with Crippen LogP contribution in [0.2, 0.25) is 0 Å². The number of ether oxygens (including phenoxy) is 1. The first kappa shape index (κ1) is 36.6. The number of hydrogen-bond donors (Lipinski definition) is 1. The molecule has 5 heteroatoms. The average Bonchev–Trinajstić information content (AvgIpc) is 2.83.